The van der Waals surface area contributed by atoms with Crippen LogP contribution in [0.3, 0.4) is 0 Å². The molecule has 2 fully saturated rings. The molecule has 1 heterocycles. The standard InChI is InChI=1S/C33H50N4O7/c1-6-7-8-9-10-11-13-24-20-33(24,31(41)42)35-30(40)26-14-12-19-37(26)27(38)21-34-32(43)44-29(22(2)3)28(39)23-15-17-25(18-16-23)36(4)5/h15-18,22,24,26,29H,6-14,19-21H2,1-5H3,(H,34,43)(H,35,40)(H,41,42)/t24?,26-,29-,33+/m0/s1. The molecule has 0 spiro atoms. The molecule has 244 valence electrons. The summed E-state index contributed by atoms with van der Waals surface area (Å²) < 4.78 is 5.44. The number of likely N-dealkylation sites (tertiary alicyclic amines) is 1. The predicted octanol–water partition coefficient (Wildman–Crippen LogP) is 4.39. The van der Waals surface area contributed by atoms with Crippen LogP contribution in [-0.2, 0) is 19.1 Å². The number of benzene rings is 1. The number of carbonyl (C=O) groups is 5. The molecule has 1 aliphatic heterocycles. The molecule has 0 radical (unpaired) electrons. The lowest BCUT2D eigenvalue weighted by atomic mass is 9.97. The molecule has 2 aliphatic rings. The van der Waals surface area contributed by atoms with Gasteiger partial charge >= 0.3 is 12.1 Å². The first kappa shape index (κ1) is 34.9. The number of hydrogen-bond acceptors (Lipinski definition) is 7. The van der Waals surface area contributed by atoms with Gasteiger partial charge in [-0.05, 0) is 61.8 Å². The van der Waals surface area contributed by atoms with E-state index in [1.165, 1.54) is 24.2 Å². The average molecular weight is 615 g/mol. The molecule has 3 N–H and O–H groups in total. The van der Waals surface area contributed by atoms with Gasteiger partial charge in [-0.1, -0.05) is 59.3 Å². The highest BCUT2D eigenvalue weighted by Crippen LogP contribution is 2.47. The number of carboxylic acids is 1. The second-order valence-corrected chi connectivity index (χ2v) is 12.7. The quantitative estimate of drug-likeness (QED) is 0.173. The minimum absolute atomic E-state index is 0.111. The van der Waals surface area contributed by atoms with Gasteiger partial charge in [0.1, 0.15) is 18.1 Å². The van der Waals surface area contributed by atoms with Gasteiger partial charge in [0.05, 0.1) is 0 Å². The Bertz CT molecular complexity index is 1170. The number of carbonyl (C=O) groups excluding carboxylic acids is 4. The van der Waals surface area contributed by atoms with Crippen LogP contribution in [0.5, 0.6) is 0 Å². The molecule has 1 saturated carbocycles. The molecule has 0 aromatic heterocycles. The van der Waals surface area contributed by atoms with Crippen molar-refractivity contribution in [1.82, 2.24) is 15.5 Å². The number of anilines is 1. The van der Waals surface area contributed by atoms with E-state index in [2.05, 4.69) is 17.6 Å². The van der Waals surface area contributed by atoms with E-state index in [1.807, 2.05) is 31.1 Å². The normalized spacial score (nSPS) is 21.5. The van der Waals surface area contributed by atoms with Crippen LogP contribution in [0.1, 0.15) is 95.3 Å². The first-order valence-corrected chi connectivity index (χ1v) is 16.0. The number of Topliss-reactive ketones (excluding diaryl/α,β-unsaturated/α-hetero) is 1. The molecule has 1 aromatic carbocycles. The van der Waals surface area contributed by atoms with Crippen LogP contribution in [0.15, 0.2) is 24.3 Å². The van der Waals surface area contributed by atoms with Gasteiger partial charge in [0.2, 0.25) is 17.6 Å². The molecular weight excluding hydrogens is 564 g/mol. The number of alkyl carbamates (subject to hydrolysis) is 1. The molecular formula is C33H50N4O7. The number of carboxylic acid groups (broad SMARTS) is 1. The van der Waals surface area contributed by atoms with Crippen LogP contribution >= 0.6 is 0 Å². The van der Waals surface area contributed by atoms with Crippen molar-refractivity contribution in [3.8, 4) is 0 Å². The van der Waals surface area contributed by atoms with Crippen molar-refractivity contribution in [3.63, 3.8) is 0 Å². The van der Waals surface area contributed by atoms with Gasteiger partial charge in [-0.15, -0.1) is 0 Å². The monoisotopic (exact) mass is 614 g/mol. The van der Waals surface area contributed by atoms with E-state index >= 15 is 0 Å². The van der Waals surface area contributed by atoms with Gasteiger partial charge in [-0.25, -0.2) is 9.59 Å². The Morgan fingerprint density at radius 1 is 1.05 bits per heavy atom. The molecule has 1 unspecified atom stereocenters. The van der Waals surface area contributed by atoms with Crippen molar-refractivity contribution >= 4 is 35.3 Å². The summed E-state index contributed by atoms with van der Waals surface area (Å²) in [7, 11) is 3.79. The van der Waals surface area contributed by atoms with Crippen LogP contribution in [0, 0.1) is 11.8 Å². The van der Waals surface area contributed by atoms with Crippen molar-refractivity contribution < 1.29 is 33.8 Å². The highest BCUT2D eigenvalue weighted by molar-refractivity contribution is 6.01. The number of amides is 3. The number of unbranched alkanes of at least 4 members (excludes halogenated alkanes) is 5. The number of ether oxygens (including phenoxy) is 1. The Kier molecular flexibility index (Phi) is 12.6. The zero-order valence-corrected chi connectivity index (χ0v) is 26.9. The molecule has 0 bridgehead atoms. The lowest BCUT2D eigenvalue weighted by Crippen LogP contribution is -2.54. The molecule has 11 heteroatoms. The Morgan fingerprint density at radius 3 is 2.32 bits per heavy atom. The van der Waals surface area contributed by atoms with E-state index in [1.54, 1.807) is 26.0 Å². The molecule has 1 saturated heterocycles. The topological polar surface area (TPSA) is 145 Å². The maximum atomic E-state index is 13.2. The molecule has 4 atom stereocenters. The molecule has 3 amide bonds. The van der Waals surface area contributed by atoms with Gasteiger partial charge in [0.15, 0.2) is 6.10 Å². The van der Waals surface area contributed by atoms with Gasteiger partial charge in [0, 0.05) is 31.9 Å². The lowest BCUT2D eigenvalue weighted by Gasteiger charge is -2.26. The van der Waals surface area contributed by atoms with E-state index < -0.39 is 48.1 Å². The maximum absolute atomic E-state index is 13.2. The Morgan fingerprint density at radius 2 is 1.70 bits per heavy atom. The van der Waals surface area contributed by atoms with Crippen molar-refractivity contribution in [2.75, 3.05) is 32.1 Å². The van der Waals surface area contributed by atoms with E-state index in [4.69, 9.17) is 4.74 Å². The Hall–Kier alpha value is -3.63. The summed E-state index contributed by atoms with van der Waals surface area (Å²) in [5.41, 5.74) is 0.0653. The van der Waals surface area contributed by atoms with Gasteiger partial charge in [-0.3, -0.25) is 14.4 Å². The molecule has 44 heavy (non-hydrogen) atoms. The summed E-state index contributed by atoms with van der Waals surface area (Å²) >= 11 is 0. The summed E-state index contributed by atoms with van der Waals surface area (Å²) in [4.78, 5) is 67.4. The largest absolute Gasteiger partial charge is 0.479 e. The molecule has 1 aromatic rings. The van der Waals surface area contributed by atoms with Crippen LogP contribution in [0.2, 0.25) is 0 Å². The lowest BCUT2D eigenvalue weighted by molar-refractivity contribution is -0.145. The first-order chi connectivity index (χ1) is 20.9. The fourth-order valence-corrected chi connectivity index (χ4v) is 5.95. The molecule has 11 nitrogen and oxygen atoms in total. The van der Waals surface area contributed by atoms with Gasteiger partial charge in [-0.2, -0.15) is 0 Å². The zero-order chi connectivity index (χ0) is 32.4. The number of aliphatic carboxylic acids is 1. The van der Waals surface area contributed by atoms with E-state index in [9.17, 15) is 29.1 Å². The van der Waals surface area contributed by atoms with Crippen molar-refractivity contribution in [2.24, 2.45) is 11.8 Å². The molecule has 3 rings (SSSR count). The fourth-order valence-electron chi connectivity index (χ4n) is 5.95. The number of hydrogen-bond donors (Lipinski definition) is 3. The van der Waals surface area contributed by atoms with E-state index in [0.717, 1.165) is 31.4 Å². The number of rotatable bonds is 17. The summed E-state index contributed by atoms with van der Waals surface area (Å²) in [5, 5.41) is 15.1. The highest BCUT2D eigenvalue weighted by Gasteiger charge is 2.61. The summed E-state index contributed by atoms with van der Waals surface area (Å²) in [5.74, 6) is -2.75. The maximum Gasteiger partial charge on any atom is 0.408 e. The van der Waals surface area contributed by atoms with Crippen LogP contribution in [-0.4, -0.2) is 84.5 Å². The third kappa shape index (κ3) is 8.95. The van der Waals surface area contributed by atoms with Crippen LogP contribution in [0.25, 0.3) is 0 Å². The summed E-state index contributed by atoms with van der Waals surface area (Å²) in [6.45, 7) is 5.61. The van der Waals surface area contributed by atoms with Crippen LogP contribution in [0.4, 0.5) is 10.5 Å². The smallest absolute Gasteiger partial charge is 0.408 e. The van der Waals surface area contributed by atoms with E-state index in [-0.39, 0.29) is 17.6 Å². The third-order valence-corrected chi connectivity index (χ3v) is 8.77. The Balaban J connectivity index is 1.51. The SMILES string of the molecule is CCCCCCCCC1C[C@]1(NC(=O)[C@@H]1CCCN1C(=O)CNC(=O)O[C@H](C(=O)c1ccc(N(C)C)cc1)C(C)C)C(=O)O. The minimum atomic E-state index is -1.27. The van der Waals surface area contributed by atoms with Crippen molar-refractivity contribution in [2.45, 2.75) is 103 Å². The fraction of sp³-hybridized carbons (Fsp3) is 0.667. The van der Waals surface area contributed by atoms with Crippen molar-refractivity contribution in [1.29, 1.82) is 0 Å². The third-order valence-electron chi connectivity index (χ3n) is 8.77. The molecule has 1 aliphatic carbocycles. The second-order valence-electron chi connectivity index (χ2n) is 12.7. The first-order valence-electron chi connectivity index (χ1n) is 16.0. The van der Waals surface area contributed by atoms with Crippen LogP contribution < -0.4 is 15.5 Å². The Labute approximate surface area is 261 Å². The number of ketones is 1. The summed E-state index contributed by atoms with van der Waals surface area (Å²) in [6.07, 6.45) is 6.87. The van der Waals surface area contributed by atoms with E-state index in [0.29, 0.717) is 31.4 Å². The minimum Gasteiger partial charge on any atom is -0.479 e. The average Bonchev–Trinajstić information content (AvgIpc) is 3.45. The van der Waals surface area contributed by atoms with Gasteiger partial charge < -0.3 is 30.3 Å². The number of nitrogens with zero attached hydrogens (tertiary/aromatic N) is 2. The zero-order valence-electron chi connectivity index (χ0n) is 26.9. The predicted molar refractivity (Wildman–Crippen MR) is 168 cm³/mol. The van der Waals surface area contributed by atoms with Gasteiger partial charge in [0.25, 0.3) is 0 Å². The second kappa shape index (κ2) is 15.9. The van der Waals surface area contributed by atoms with Crippen molar-refractivity contribution in [3.05, 3.63) is 29.8 Å². The number of nitrogens with one attached hydrogen (secondary N) is 2. The summed E-state index contributed by atoms with van der Waals surface area (Å²) in [6, 6.07) is 6.18. The highest BCUT2D eigenvalue weighted by atomic mass is 16.6.